The molecule has 25 heavy (non-hydrogen) atoms. The first kappa shape index (κ1) is 17.7. The summed E-state index contributed by atoms with van der Waals surface area (Å²) in [4.78, 5) is 0. The van der Waals surface area contributed by atoms with E-state index in [2.05, 4.69) is 13.8 Å². The fourth-order valence-corrected chi connectivity index (χ4v) is 6.74. The third kappa shape index (κ3) is 1.77. The molecule has 9 atom stereocenters. The summed E-state index contributed by atoms with van der Waals surface area (Å²) in [5.41, 5.74) is -2.11. The van der Waals surface area contributed by atoms with Gasteiger partial charge in [-0.1, -0.05) is 32.9 Å². The predicted octanol–water partition coefficient (Wildman–Crippen LogP) is 0.607. The highest BCUT2D eigenvalue weighted by atomic mass is 16.4. The minimum Gasteiger partial charge on any atom is -0.392 e. The zero-order valence-electron chi connectivity index (χ0n) is 15.3. The van der Waals surface area contributed by atoms with Crippen molar-refractivity contribution >= 4 is 0 Å². The van der Waals surface area contributed by atoms with Gasteiger partial charge in [-0.3, -0.25) is 0 Å². The van der Waals surface area contributed by atoms with Gasteiger partial charge in [-0.2, -0.15) is 0 Å². The Balaban J connectivity index is 1.98. The van der Waals surface area contributed by atoms with E-state index in [0.717, 1.165) is 6.42 Å². The Labute approximate surface area is 148 Å². The Morgan fingerprint density at radius 3 is 2.40 bits per heavy atom. The minimum absolute atomic E-state index is 0.0853. The minimum atomic E-state index is -1.93. The van der Waals surface area contributed by atoms with Crippen LogP contribution in [0, 0.1) is 34.5 Å². The van der Waals surface area contributed by atoms with Crippen molar-refractivity contribution in [2.24, 2.45) is 34.5 Å². The molecule has 0 aromatic heterocycles. The lowest BCUT2D eigenvalue weighted by molar-refractivity contribution is -0.215. The molecule has 2 fully saturated rings. The monoisotopic (exact) mass is 350 g/mol. The molecule has 1 spiro atoms. The van der Waals surface area contributed by atoms with E-state index in [1.807, 2.05) is 6.92 Å². The first-order valence-electron chi connectivity index (χ1n) is 9.32. The van der Waals surface area contributed by atoms with E-state index in [-0.39, 0.29) is 23.2 Å². The van der Waals surface area contributed by atoms with Crippen LogP contribution in [0.5, 0.6) is 0 Å². The number of aliphatic hydroxyl groups is 5. The topological polar surface area (TPSA) is 101 Å². The summed E-state index contributed by atoms with van der Waals surface area (Å²) in [5, 5.41) is 54.7. The fourth-order valence-electron chi connectivity index (χ4n) is 6.74. The molecule has 0 heterocycles. The molecule has 0 aliphatic heterocycles. The molecule has 0 aromatic rings. The summed E-state index contributed by atoms with van der Waals surface area (Å²) in [6.07, 6.45) is 0.801. The number of fused-ring (bicyclic) bond motifs is 3. The van der Waals surface area contributed by atoms with E-state index in [4.69, 9.17) is 0 Å². The van der Waals surface area contributed by atoms with Gasteiger partial charge in [0, 0.05) is 5.92 Å². The van der Waals surface area contributed by atoms with Crippen LogP contribution in [0.15, 0.2) is 23.3 Å². The average Bonchev–Trinajstić information content (AvgIpc) is 3.05. The van der Waals surface area contributed by atoms with Crippen LogP contribution < -0.4 is 0 Å². The van der Waals surface area contributed by atoms with Crippen LogP contribution >= 0.6 is 0 Å². The van der Waals surface area contributed by atoms with Crippen molar-refractivity contribution in [2.75, 3.05) is 6.61 Å². The Morgan fingerprint density at radius 2 is 1.80 bits per heavy atom. The summed E-state index contributed by atoms with van der Waals surface area (Å²) < 4.78 is 0. The van der Waals surface area contributed by atoms with Crippen LogP contribution in [-0.4, -0.2) is 56.1 Å². The van der Waals surface area contributed by atoms with Crippen molar-refractivity contribution in [3.8, 4) is 0 Å². The van der Waals surface area contributed by atoms with Gasteiger partial charge in [-0.25, -0.2) is 0 Å². The molecule has 5 N–H and O–H groups in total. The maximum Gasteiger partial charge on any atom is 0.136 e. The lowest BCUT2D eigenvalue weighted by Gasteiger charge is -2.51. The van der Waals surface area contributed by atoms with Gasteiger partial charge in [0.1, 0.15) is 17.8 Å². The van der Waals surface area contributed by atoms with Gasteiger partial charge in [0.25, 0.3) is 0 Å². The molecule has 140 valence electrons. The first-order valence-corrected chi connectivity index (χ1v) is 9.32. The molecule has 2 saturated carbocycles. The van der Waals surface area contributed by atoms with Crippen LogP contribution in [0.25, 0.3) is 0 Å². The lowest BCUT2D eigenvalue weighted by atomic mass is 9.58. The predicted molar refractivity (Wildman–Crippen MR) is 92.4 cm³/mol. The molecular weight excluding hydrogens is 320 g/mol. The summed E-state index contributed by atoms with van der Waals surface area (Å²) in [7, 11) is 0. The summed E-state index contributed by atoms with van der Waals surface area (Å²) >= 11 is 0. The first-order chi connectivity index (χ1) is 11.5. The van der Waals surface area contributed by atoms with E-state index in [0.29, 0.717) is 17.1 Å². The van der Waals surface area contributed by atoms with Crippen LogP contribution in [0.2, 0.25) is 0 Å². The van der Waals surface area contributed by atoms with E-state index >= 15 is 0 Å². The quantitative estimate of drug-likeness (QED) is 0.446. The molecule has 5 heteroatoms. The van der Waals surface area contributed by atoms with Crippen LogP contribution in [0.1, 0.15) is 34.1 Å². The lowest BCUT2D eigenvalue weighted by Crippen LogP contribution is -2.66. The van der Waals surface area contributed by atoms with Gasteiger partial charge in [0.05, 0.1) is 18.1 Å². The van der Waals surface area contributed by atoms with Crippen molar-refractivity contribution in [2.45, 2.75) is 58.0 Å². The number of aliphatic hydroxyl groups excluding tert-OH is 4. The molecule has 4 aliphatic rings. The SMILES string of the molecule is CC1=CC23C(O)[C@@H](C=C(CO)[C@@H](O)[C@]2(O)C1O)[C@H]1[C@@H](C[C@H]3C)C1(C)C. The third-order valence-corrected chi connectivity index (χ3v) is 8.20. The molecule has 4 rings (SSSR count). The number of hydrogen-bond acceptors (Lipinski definition) is 5. The average molecular weight is 350 g/mol. The summed E-state index contributed by atoms with van der Waals surface area (Å²) in [6.45, 7) is 7.72. The highest BCUT2D eigenvalue weighted by Gasteiger charge is 2.75. The standard InChI is InChI=1S/C20H30O5/c1-9-7-19-10(2)5-13-14(18(13,3)4)12(17(19)24)6-11(8-21)16(23)20(19,25)15(9)22/h6-7,10,12-17,21-25H,5,8H2,1-4H3/t10-,12+,13-,14+,15?,16-,17?,19?,20-/m1/s1. The second-order valence-corrected chi connectivity index (χ2v) is 9.46. The van der Waals surface area contributed by atoms with E-state index < -0.39 is 35.9 Å². The van der Waals surface area contributed by atoms with Gasteiger partial charge in [0.15, 0.2) is 0 Å². The highest BCUT2D eigenvalue weighted by molar-refractivity contribution is 5.42. The smallest absolute Gasteiger partial charge is 0.136 e. The third-order valence-electron chi connectivity index (χ3n) is 8.20. The Kier molecular flexibility index (Phi) is 3.51. The van der Waals surface area contributed by atoms with Crippen molar-refractivity contribution in [3.63, 3.8) is 0 Å². The Hall–Kier alpha value is -0.720. The molecule has 3 unspecified atom stereocenters. The summed E-state index contributed by atoms with van der Waals surface area (Å²) in [5.74, 6) is 0.292. The Morgan fingerprint density at radius 1 is 1.16 bits per heavy atom. The van der Waals surface area contributed by atoms with Crippen molar-refractivity contribution in [1.29, 1.82) is 0 Å². The van der Waals surface area contributed by atoms with E-state index in [1.165, 1.54) is 0 Å². The molecule has 5 nitrogen and oxygen atoms in total. The molecule has 0 aromatic carbocycles. The van der Waals surface area contributed by atoms with Gasteiger partial charge in [-0.15, -0.1) is 0 Å². The zero-order valence-corrected chi connectivity index (χ0v) is 15.3. The van der Waals surface area contributed by atoms with Crippen LogP contribution in [0.4, 0.5) is 0 Å². The molecule has 0 amide bonds. The second kappa shape index (κ2) is 4.96. The van der Waals surface area contributed by atoms with Gasteiger partial charge in [0.2, 0.25) is 0 Å². The molecule has 4 aliphatic carbocycles. The summed E-state index contributed by atoms with van der Waals surface area (Å²) in [6, 6.07) is 0. The number of rotatable bonds is 1. The zero-order chi connectivity index (χ0) is 18.5. The van der Waals surface area contributed by atoms with Gasteiger partial charge >= 0.3 is 0 Å². The molecule has 0 radical (unpaired) electrons. The van der Waals surface area contributed by atoms with Gasteiger partial charge in [-0.05, 0) is 47.7 Å². The van der Waals surface area contributed by atoms with E-state index in [1.54, 1.807) is 19.1 Å². The van der Waals surface area contributed by atoms with E-state index in [9.17, 15) is 25.5 Å². The van der Waals surface area contributed by atoms with Crippen LogP contribution in [-0.2, 0) is 0 Å². The number of hydrogen-bond donors (Lipinski definition) is 5. The maximum atomic E-state index is 11.6. The van der Waals surface area contributed by atoms with Crippen molar-refractivity contribution in [1.82, 2.24) is 0 Å². The molecular formula is C20H30O5. The van der Waals surface area contributed by atoms with Gasteiger partial charge < -0.3 is 25.5 Å². The maximum absolute atomic E-state index is 11.6. The molecule has 2 bridgehead atoms. The van der Waals surface area contributed by atoms with Crippen LogP contribution in [0.3, 0.4) is 0 Å². The fraction of sp³-hybridized carbons (Fsp3) is 0.800. The Bertz CT molecular complexity index is 667. The van der Waals surface area contributed by atoms with Crippen molar-refractivity contribution in [3.05, 3.63) is 23.3 Å². The largest absolute Gasteiger partial charge is 0.392 e. The highest BCUT2D eigenvalue weighted by Crippen LogP contribution is 2.72. The molecule has 0 saturated heterocycles. The normalized spacial score (nSPS) is 56.1. The van der Waals surface area contributed by atoms with Crippen molar-refractivity contribution < 1.29 is 25.5 Å². The second-order valence-electron chi connectivity index (χ2n) is 9.46.